The SMILES string of the molecule is CC1CN(C(=O)C=Cc2cc3ccsc3c(Cl)c2Cl)CCC1C(=O)NC(CC(=O)O)c1ccc(O)cc1. The Kier molecular flexibility index (Phi) is 8.42. The zero-order valence-electron chi connectivity index (χ0n) is 20.0. The first kappa shape index (κ1) is 27.0. The van der Waals surface area contributed by atoms with Crippen molar-refractivity contribution in [3.63, 3.8) is 0 Å². The van der Waals surface area contributed by atoms with Gasteiger partial charge in [-0.25, -0.2) is 0 Å². The molecule has 3 atom stereocenters. The number of carboxylic acids is 1. The Labute approximate surface area is 228 Å². The fraction of sp³-hybridized carbons (Fsp3) is 0.296. The number of likely N-dealkylation sites (tertiary alicyclic amines) is 1. The Morgan fingerprint density at radius 1 is 1.19 bits per heavy atom. The highest BCUT2D eigenvalue weighted by atomic mass is 35.5. The summed E-state index contributed by atoms with van der Waals surface area (Å²) in [6, 6.07) is 9.21. The molecule has 1 fully saturated rings. The number of thiophene rings is 1. The third kappa shape index (κ3) is 6.26. The number of carboxylic acid groups (broad SMARTS) is 1. The largest absolute Gasteiger partial charge is 0.508 e. The van der Waals surface area contributed by atoms with Gasteiger partial charge in [-0.2, -0.15) is 0 Å². The van der Waals surface area contributed by atoms with Gasteiger partial charge < -0.3 is 20.4 Å². The minimum Gasteiger partial charge on any atom is -0.508 e. The Bertz CT molecular complexity index is 1350. The van der Waals surface area contributed by atoms with Crippen LogP contribution in [0, 0.1) is 11.8 Å². The molecule has 2 aromatic carbocycles. The molecule has 37 heavy (non-hydrogen) atoms. The number of phenols is 1. The number of rotatable bonds is 7. The number of benzene rings is 2. The third-order valence-electron chi connectivity index (χ3n) is 6.60. The van der Waals surface area contributed by atoms with Crippen LogP contribution in [0.3, 0.4) is 0 Å². The normalized spacial score (nSPS) is 18.7. The van der Waals surface area contributed by atoms with Crippen molar-refractivity contribution in [2.45, 2.75) is 25.8 Å². The number of halogens is 2. The van der Waals surface area contributed by atoms with Gasteiger partial charge in [0.2, 0.25) is 11.8 Å². The van der Waals surface area contributed by atoms with Crippen LogP contribution in [0.25, 0.3) is 16.2 Å². The minimum atomic E-state index is -1.04. The summed E-state index contributed by atoms with van der Waals surface area (Å²) in [6.45, 7) is 2.69. The van der Waals surface area contributed by atoms with Gasteiger partial charge in [-0.3, -0.25) is 14.4 Å². The fourth-order valence-electron chi connectivity index (χ4n) is 4.60. The first-order chi connectivity index (χ1) is 17.6. The van der Waals surface area contributed by atoms with Gasteiger partial charge in [0, 0.05) is 25.1 Å². The van der Waals surface area contributed by atoms with E-state index in [0.717, 1.165) is 10.1 Å². The maximum atomic E-state index is 13.1. The number of nitrogens with one attached hydrogen (secondary N) is 1. The number of nitrogens with zero attached hydrogens (tertiary/aromatic N) is 1. The van der Waals surface area contributed by atoms with E-state index < -0.39 is 12.0 Å². The predicted octanol–water partition coefficient (Wildman–Crippen LogP) is 5.74. The molecular weight excluding hydrogens is 535 g/mol. The van der Waals surface area contributed by atoms with Crippen molar-refractivity contribution in [1.29, 1.82) is 0 Å². The van der Waals surface area contributed by atoms with E-state index in [1.165, 1.54) is 29.5 Å². The topological polar surface area (TPSA) is 107 Å². The highest BCUT2D eigenvalue weighted by Gasteiger charge is 2.34. The summed E-state index contributed by atoms with van der Waals surface area (Å²) in [6.07, 6.45) is 3.30. The molecule has 3 unspecified atom stereocenters. The van der Waals surface area contributed by atoms with Crippen LogP contribution in [-0.2, 0) is 14.4 Å². The number of piperidine rings is 1. The highest BCUT2D eigenvalue weighted by Crippen LogP contribution is 2.37. The number of amides is 2. The molecule has 4 rings (SSSR count). The number of hydrogen-bond acceptors (Lipinski definition) is 5. The van der Waals surface area contributed by atoms with Crippen molar-refractivity contribution >= 4 is 68.5 Å². The summed E-state index contributed by atoms with van der Waals surface area (Å²) in [5.41, 5.74) is 1.25. The second-order valence-corrected chi connectivity index (χ2v) is 10.8. The molecule has 2 heterocycles. The molecule has 7 nitrogen and oxygen atoms in total. The summed E-state index contributed by atoms with van der Waals surface area (Å²) >= 11 is 14.3. The van der Waals surface area contributed by atoms with Crippen molar-refractivity contribution in [3.8, 4) is 5.75 Å². The Balaban J connectivity index is 1.39. The monoisotopic (exact) mass is 560 g/mol. The van der Waals surface area contributed by atoms with Crippen LogP contribution >= 0.6 is 34.5 Å². The molecule has 1 aliphatic rings. The van der Waals surface area contributed by atoms with Crippen molar-refractivity contribution in [2.75, 3.05) is 13.1 Å². The maximum absolute atomic E-state index is 13.1. The van der Waals surface area contributed by atoms with Gasteiger partial charge in [-0.05, 0) is 64.6 Å². The lowest BCUT2D eigenvalue weighted by molar-refractivity contribution is -0.139. The van der Waals surface area contributed by atoms with E-state index in [1.807, 2.05) is 24.4 Å². The van der Waals surface area contributed by atoms with Crippen molar-refractivity contribution in [3.05, 3.63) is 69.0 Å². The lowest BCUT2D eigenvalue weighted by Crippen LogP contribution is -2.47. The van der Waals surface area contributed by atoms with Crippen LogP contribution in [0.2, 0.25) is 10.0 Å². The number of aliphatic carboxylic acids is 1. The molecule has 0 aliphatic carbocycles. The zero-order valence-corrected chi connectivity index (χ0v) is 22.3. The number of hydrogen-bond donors (Lipinski definition) is 3. The van der Waals surface area contributed by atoms with Crippen LogP contribution in [0.4, 0.5) is 0 Å². The smallest absolute Gasteiger partial charge is 0.305 e. The molecule has 3 N–H and O–H groups in total. The summed E-state index contributed by atoms with van der Waals surface area (Å²) in [5, 5.41) is 25.4. The van der Waals surface area contributed by atoms with Crippen molar-refractivity contribution in [1.82, 2.24) is 10.2 Å². The van der Waals surface area contributed by atoms with Gasteiger partial charge in [0.1, 0.15) is 5.75 Å². The summed E-state index contributed by atoms with van der Waals surface area (Å²) in [7, 11) is 0. The molecule has 1 saturated heterocycles. The van der Waals surface area contributed by atoms with Crippen LogP contribution < -0.4 is 5.32 Å². The molecule has 10 heteroatoms. The van der Waals surface area contributed by atoms with Crippen LogP contribution in [0.15, 0.2) is 47.9 Å². The average Bonchev–Trinajstić information content (AvgIpc) is 3.33. The van der Waals surface area contributed by atoms with Gasteiger partial charge in [0.15, 0.2) is 0 Å². The van der Waals surface area contributed by atoms with Crippen LogP contribution in [0.1, 0.15) is 36.9 Å². The van der Waals surface area contributed by atoms with E-state index in [1.54, 1.807) is 23.1 Å². The summed E-state index contributed by atoms with van der Waals surface area (Å²) in [5.74, 6) is -1.91. The fourth-order valence-corrected chi connectivity index (χ4v) is 6.04. The quantitative estimate of drug-likeness (QED) is 0.319. The second-order valence-electron chi connectivity index (χ2n) is 9.17. The Morgan fingerprint density at radius 2 is 1.92 bits per heavy atom. The molecule has 0 saturated carbocycles. The maximum Gasteiger partial charge on any atom is 0.305 e. The third-order valence-corrected chi connectivity index (χ3v) is 8.54. The molecule has 3 aromatic rings. The molecule has 194 valence electrons. The standard InChI is InChI=1S/C27H26Cl2N2O5S/c1-15-14-31(22(33)7-4-17-12-18-9-11-37-26(18)25(29)24(17)28)10-8-20(15)27(36)30-21(13-23(34)35)16-2-5-19(32)6-3-16/h2-7,9,11-12,15,20-21,32H,8,10,13-14H2,1H3,(H,30,36)(H,34,35). The van der Waals surface area contributed by atoms with E-state index in [0.29, 0.717) is 40.7 Å². The van der Waals surface area contributed by atoms with E-state index in [4.69, 9.17) is 23.2 Å². The molecular formula is C27H26Cl2N2O5S. The van der Waals surface area contributed by atoms with Gasteiger partial charge in [-0.15, -0.1) is 11.3 Å². The Hall–Kier alpha value is -3.07. The molecule has 1 aliphatic heterocycles. The van der Waals surface area contributed by atoms with E-state index in [2.05, 4.69) is 5.32 Å². The Morgan fingerprint density at radius 3 is 2.59 bits per heavy atom. The molecule has 0 bridgehead atoms. The number of phenolic OH excluding ortho intramolecular Hbond substituents is 1. The summed E-state index contributed by atoms with van der Waals surface area (Å²) < 4.78 is 0.903. The average molecular weight is 561 g/mol. The highest BCUT2D eigenvalue weighted by molar-refractivity contribution is 7.18. The lowest BCUT2D eigenvalue weighted by atomic mass is 9.85. The van der Waals surface area contributed by atoms with Crippen LogP contribution in [-0.4, -0.2) is 46.0 Å². The lowest BCUT2D eigenvalue weighted by Gasteiger charge is -2.36. The van der Waals surface area contributed by atoms with Crippen molar-refractivity contribution < 1.29 is 24.6 Å². The van der Waals surface area contributed by atoms with Gasteiger partial charge >= 0.3 is 5.97 Å². The van der Waals surface area contributed by atoms with Gasteiger partial charge in [0.05, 0.1) is 27.2 Å². The van der Waals surface area contributed by atoms with Gasteiger partial charge in [-0.1, -0.05) is 42.3 Å². The second kappa shape index (κ2) is 11.5. The van der Waals surface area contributed by atoms with Crippen molar-refractivity contribution in [2.24, 2.45) is 11.8 Å². The predicted molar refractivity (Wildman–Crippen MR) is 146 cm³/mol. The molecule has 2 amide bonds. The summed E-state index contributed by atoms with van der Waals surface area (Å²) in [4.78, 5) is 39.0. The van der Waals surface area contributed by atoms with E-state index in [-0.39, 0.29) is 35.8 Å². The zero-order chi connectivity index (χ0) is 26.7. The van der Waals surface area contributed by atoms with Gasteiger partial charge in [0.25, 0.3) is 0 Å². The number of carbonyl (C=O) groups is 3. The molecule has 0 radical (unpaired) electrons. The number of aromatic hydroxyl groups is 1. The van der Waals surface area contributed by atoms with E-state index in [9.17, 15) is 24.6 Å². The van der Waals surface area contributed by atoms with Crippen LogP contribution in [0.5, 0.6) is 5.75 Å². The van der Waals surface area contributed by atoms with E-state index >= 15 is 0 Å². The molecule has 1 aromatic heterocycles. The number of fused-ring (bicyclic) bond motifs is 1. The number of carbonyl (C=O) groups excluding carboxylic acids is 2. The molecule has 0 spiro atoms. The first-order valence-electron chi connectivity index (χ1n) is 11.8. The first-order valence-corrected chi connectivity index (χ1v) is 13.4. The minimum absolute atomic E-state index is 0.0567.